The van der Waals surface area contributed by atoms with E-state index in [0.29, 0.717) is 5.56 Å². The molecule has 9 heteroatoms. The van der Waals surface area contributed by atoms with Crippen LogP contribution in [0.5, 0.6) is 5.75 Å². The number of hydrogen-bond acceptors (Lipinski definition) is 6. The lowest BCUT2D eigenvalue weighted by atomic mass is 10.0. The maximum Gasteiger partial charge on any atom is 0.410 e. The SMILES string of the molecule is CC(Oc1cc(-c2ccccc2CN(C)C(=O)OC(C)(C)C)cnc1N)c1cc(F)ccc1C(=O)O. The van der Waals surface area contributed by atoms with Gasteiger partial charge in [0.05, 0.1) is 5.56 Å². The Balaban J connectivity index is 1.90. The van der Waals surface area contributed by atoms with Gasteiger partial charge in [-0.2, -0.15) is 0 Å². The van der Waals surface area contributed by atoms with Gasteiger partial charge in [0.25, 0.3) is 0 Å². The lowest BCUT2D eigenvalue weighted by Gasteiger charge is -2.25. The number of carboxylic acid groups (broad SMARTS) is 1. The van der Waals surface area contributed by atoms with Crippen LogP contribution in [0.15, 0.2) is 54.7 Å². The van der Waals surface area contributed by atoms with Gasteiger partial charge in [0.1, 0.15) is 17.5 Å². The summed E-state index contributed by atoms with van der Waals surface area (Å²) in [7, 11) is 1.65. The van der Waals surface area contributed by atoms with E-state index in [1.54, 1.807) is 47.0 Å². The van der Waals surface area contributed by atoms with Crippen LogP contribution in [0.1, 0.15) is 55.3 Å². The monoisotopic (exact) mass is 495 g/mol. The molecule has 1 unspecified atom stereocenters. The van der Waals surface area contributed by atoms with Gasteiger partial charge in [-0.15, -0.1) is 0 Å². The van der Waals surface area contributed by atoms with Crippen LogP contribution in [0.25, 0.3) is 11.1 Å². The minimum Gasteiger partial charge on any atom is -0.482 e. The number of aromatic carboxylic acids is 1. The predicted molar refractivity (Wildman–Crippen MR) is 134 cm³/mol. The fraction of sp³-hybridized carbons (Fsp3) is 0.296. The number of ether oxygens (including phenoxy) is 2. The Morgan fingerprint density at radius 3 is 2.53 bits per heavy atom. The summed E-state index contributed by atoms with van der Waals surface area (Å²) in [6.45, 7) is 7.31. The standard InChI is InChI=1S/C27H30FN3O5/c1-16(22-13-19(28)10-11-21(22)25(32)33)35-23-12-18(14-30-24(23)29)20-9-7-6-8-17(20)15-31(5)26(34)36-27(2,3)4/h6-14,16H,15H2,1-5H3,(H2,29,30)(H,32,33). The van der Waals surface area contributed by atoms with Gasteiger partial charge in [-0.3, -0.25) is 0 Å². The van der Waals surface area contributed by atoms with Gasteiger partial charge in [-0.1, -0.05) is 24.3 Å². The van der Waals surface area contributed by atoms with E-state index in [-0.39, 0.29) is 29.2 Å². The van der Waals surface area contributed by atoms with E-state index in [1.807, 2.05) is 24.3 Å². The van der Waals surface area contributed by atoms with Crippen molar-refractivity contribution in [2.45, 2.75) is 45.9 Å². The number of hydrogen-bond donors (Lipinski definition) is 2. The van der Waals surface area contributed by atoms with Crippen LogP contribution in [0.4, 0.5) is 15.0 Å². The Kier molecular flexibility index (Phi) is 7.82. The number of amides is 1. The van der Waals surface area contributed by atoms with Gasteiger partial charge in [-0.25, -0.2) is 19.0 Å². The van der Waals surface area contributed by atoms with Gasteiger partial charge in [0, 0.05) is 30.9 Å². The number of carbonyl (C=O) groups excluding carboxylic acids is 1. The number of carboxylic acids is 1. The number of nitrogens with zero attached hydrogens (tertiary/aromatic N) is 2. The molecule has 0 saturated heterocycles. The van der Waals surface area contributed by atoms with E-state index in [4.69, 9.17) is 15.2 Å². The number of nitrogen functional groups attached to an aromatic ring is 1. The van der Waals surface area contributed by atoms with Crippen LogP contribution in [0.2, 0.25) is 0 Å². The Morgan fingerprint density at radius 1 is 1.17 bits per heavy atom. The first kappa shape index (κ1) is 26.5. The molecule has 1 aromatic heterocycles. The Hall–Kier alpha value is -4.14. The first-order valence-corrected chi connectivity index (χ1v) is 11.3. The van der Waals surface area contributed by atoms with Gasteiger partial charge in [0.15, 0.2) is 11.6 Å². The maximum absolute atomic E-state index is 13.8. The van der Waals surface area contributed by atoms with Crippen molar-refractivity contribution in [3.05, 3.63) is 77.2 Å². The van der Waals surface area contributed by atoms with E-state index < -0.39 is 29.6 Å². The third-order valence-electron chi connectivity index (χ3n) is 5.31. The topological polar surface area (TPSA) is 115 Å². The third kappa shape index (κ3) is 6.50. The van der Waals surface area contributed by atoms with Crippen molar-refractivity contribution in [2.75, 3.05) is 12.8 Å². The van der Waals surface area contributed by atoms with Crippen molar-refractivity contribution in [1.82, 2.24) is 9.88 Å². The number of benzene rings is 2. The fourth-order valence-corrected chi connectivity index (χ4v) is 3.62. The van der Waals surface area contributed by atoms with E-state index in [9.17, 15) is 19.1 Å². The molecule has 3 N–H and O–H groups in total. The molecule has 0 aliphatic heterocycles. The summed E-state index contributed by atoms with van der Waals surface area (Å²) in [6.07, 6.45) is 0.318. The molecule has 0 bridgehead atoms. The molecule has 0 saturated carbocycles. The molecule has 0 fully saturated rings. The first-order chi connectivity index (χ1) is 16.9. The molecule has 0 aliphatic carbocycles. The number of aromatic nitrogens is 1. The fourth-order valence-electron chi connectivity index (χ4n) is 3.62. The summed E-state index contributed by atoms with van der Waals surface area (Å²) in [5, 5.41) is 9.47. The second-order valence-corrected chi connectivity index (χ2v) is 9.40. The molecule has 190 valence electrons. The Bertz CT molecular complexity index is 1270. The predicted octanol–water partition coefficient (Wildman–Crippen LogP) is 5.68. The largest absolute Gasteiger partial charge is 0.482 e. The van der Waals surface area contributed by atoms with Crippen molar-refractivity contribution in [2.24, 2.45) is 0 Å². The number of carbonyl (C=O) groups is 2. The van der Waals surface area contributed by atoms with Crippen LogP contribution in [-0.2, 0) is 11.3 Å². The summed E-state index contributed by atoms with van der Waals surface area (Å²) < 4.78 is 25.2. The third-order valence-corrected chi connectivity index (χ3v) is 5.31. The molecule has 0 aliphatic rings. The molecule has 1 amide bonds. The first-order valence-electron chi connectivity index (χ1n) is 11.3. The zero-order valence-electron chi connectivity index (χ0n) is 20.9. The molecular weight excluding hydrogens is 465 g/mol. The molecule has 8 nitrogen and oxygen atoms in total. The highest BCUT2D eigenvalue weighted by Gasteiger charge is 2.22. The molecule has 36 heavy (non-hydrogen) atoms. The van der Waals surface area contributed by atoms with Crippen LogP contribution in [-0.4, -0.2) is 39.7 Å². The second kappa shape index (κ2) is 10.6. The van der Waals surface area contributed by atoms with E-state index in [0.717, 1.165) is 23.3 Å². The van der Waals surface area contributed by atoms with Crippen molar-refractivity contribution in [1.29, 1.82) is 0 Å². The van der Waals surface area contributed by atoms with Crippen molar-refractivity contribution >= 4 is 17.9 Å². The molecule has 3 rings (SSSR count). The van der Waals surface area contributed by atoms with Crippen LogP contribution in [0.3, 0.4) is 0 Å². The quantitative estimate of drug-likeness (QED) is 0.434. The maximum atomic E-state index is 13.8. The molecule has 2 aromatic carbocycles. The average molecular weight is 496 g/mol. The highest BCUT2D eigenvalue weighted by atomic mass is 19.1. The van der Waals surface area contributed by atoms with Crippen LogP contribution >= 0.6 is 0 Å². The van der Waals surface area contributed by atoms with Crippen LogP contribution < -0.4 is 10.5 Å². The lowest BCUT2D eigenvalue weighted by Crippen LogP contribution is -2.33. The van der Waals surface area contributed by atoms with Crippen molar-refractivity contribution in [3.8, 4) is 16.9 Å². The zero-order valence-corrected chi connectivity index (χ0v) is 20.9. The Labute approximate surface area is 209 Å². The molecule has 3 aromatic rings. The Morgan fingerprint density at radius 2 is 1.86 bits per heavy atom. The molecule has 1 atom stereocenters. The number of anilines is 1. The van der Waals surface area contributed by atoms with E-state index in [1.165, 1.54) is 11.0 Å². The van der Waals surface area contributed by atoms with Gasteiger partial charge in [-0.05, 0) is 63.1 Å². The van der Waals surface area contributed by atoms with Gasteiger partial charge in [0.2, 0.25) is 0 Å². The lowest BCUT2D eigenvalue weighted by molar-refractivity contribution is 0.0285. The van der Waals surface area contributed by atoms with Crippen molar-refractivity contribution in [3.63, 3.8) is 0 Å². The average Bonchev–Trinajstić information content (AvgIpc) is 2.79. The minimum atomic E-state index is -1.19. The highest BCUT2D eigenvalue weighted by molar-refractivity contribution is 5.89. The molecule has 0 radical (unpaired) electrons. The molecule has 0 spiro atoms. The van der Waals surface area contributed by atoms with Gasteiger partial charge >= 0.3 is 12.1 Å². The summed E-state index contributed by atoms with van der Waals surface area (Å²) in [5.74, 6) is -1.45. The van der Waals surface area contributed by atoms with Gasteiger partial charge < -0.3 is 25.2 Å². The highest BCUT2D eigenvalue weighted by Crippen LogP contribution is 2.33. The summed E-state index contributed by atoms with van der Waals surface area (Å²) in [4.78, 5) is 29.8. The zero-order chi connectivity index (χ0) is 26.6. The van der Waals surface area contributed by atoms with Crippen molar-refractivity contribution < 1.29 is 28.6 Å². The molecule has 1 heterocycles. The normalized spacial score (nSPS) is 12.1. The number of pyridine rings is 1. The number of nitrogens with two attached hydrogens (primary N) is 1. The minimum absolute atomic E-state index is 0.0675. The molecular formula is C27H30FN3O5. The summed E-state index contributed by atoms with van der Waals surface area (Å²) >= 11 is 0. The second-order valence-electron chi connectivity index (χ2n) is 9.40. The van der Waals surface area contributed by atoms with E-state index >= 15 is 0 Å². The summed E-state index contributed by atoms with van der Waals surface area (Å²) in [6, 6.07) is 12.6. The number of halogens is 1. The van der Waals surface area contributed by atoms with Crippen LogP contribution in [0, 0.1) is 5.82 Å². The smallest absolute Gasteiger partial charge is 0.410 e. The van der Waals surface area contributed by atoms with E-state index in [2.05, 4.69) is 4.98 Å². The number of rotatable bonds is 7. The summed E-state index contributed by atoms with van der Waals surface area (Å²) in [5.41, 5.74) is 7.86.